The SMILES string of the molecule is c1ccc(-c2ccc(-c3ccc(N(c4ccc(-c5ccccc5)cc4)c4ccccc4-c4oc5ccccc5c4-c4ccccc4-c4ccccc4)cc3)cc2)cc1. The summed E-state index contributed by atoms with van der Waals surface area (Å²) in [5.41, 5.74) is 16.6. The topological polar surface area (TPSA) is 16.4 Å². The van der Waals surface area contributed by atoms with Gasteiger partial charge < -0.3 is 9.32 Å². The van der Waals surface area contributed by atoms with E-state index in [1.165, 1.54) is 27.8 Å². The second kappa shape index (κ2) is 15.5. The summed E-state index contributed by atoms with van der Waals surface area (Å²) in [6.07, 6.45) is 0. The van der Waals surface area contributed by atoms with Gasteiger partial charge in [-0.05, 0) is 92.5 Å². The third kappa shape index (κ3) is 6.67. The molecule has 0 amide bonds. The van der Waals surface area contributed by atoms with Crippen LogP contribution >= 0.6 is 0 Å². The van der Waals surface area contributed by atoms with Crippen LogP contribution in [0.3, 0.4) is 0 Å². The summed E-state index contributed by atoms with van der Waals surface area (Å²) >= 11 is 0. The normalized spacial score (nSPS) is 11.1. The van der Waals surface area contributed by atoms with Crippen LogP contribution in [-0.4, -0.2) is 0 Å². The van der Waals surface area contributed by atoms with Crippen molar-refractivity contribution in [1.29, 1.82) is 0 Å². The van der Waals surface area contributed by atoms with Crippen molar-refractivity contribution in [2.45, 2.75) is 0 Å². The molecule has 0 aliphatic rings. The van der Waals surface area contributed by atoms with Crippen LogP contribution in [0.1, 0.15) is 0 Å². The van der Waals surface area contributed by atoms with Crippen molar-refractivity contribution in [3.05, 3.63) is 237 Å². The summed E-state index contributed by atoms with van der Waals surface area (Å²) in [5.74, 6) is 0.834. The molecule has 0 aliphatic carbocycles. The molecule has 0 saturated heterocycles. The number of anilines is 3. The molecule has 1 aromatic heterocycles. The zero-order chi connectivity index (χ0) is 38.7. The van der Waals surface area contributed by atoms with Gasteiger partial charge in [-0.25, -0.2) is 0 Å². The highest BCUT2D eigenvalue weighted by molar-refractivity contribution is 6.07. The zero-order valence-electron chi connectivity index (χ0n) is 31.9. The molecule has 1 heterocycles. The van der Waals surface area contributed by atoms with Gasteiger partial charge >= 0.3 is 0 Å². The summed E-state index contributed by atoms with van der Waals surface area (Å²) in [5, 5.41) is 1.08. The molecule has 0 atom stereocenters. The fourth-order valence-electron chi connectivity index (χ4n) is 8.08. The van der Waals surface area contributed by atoms with Crippen molar-refractivity contribution in [2.75, 3.05) is 4.90 Å². The molecule has 0 spiro atoms. The highest BCUT2D eigenvalue weighted by Crippen LogP contribution is 2.49. The molecule has 0 bridgehead atoms. The van der Waals surface area contributed by atoms with Gasteiger partial charge in [-0.15, -0.1) is 0 Å². The van der Waals surface area contributed by atoms with Crippen molar-refractivity contribution < 1.29 is 4.42 Å². The van der Waals surface area contributed by atoms with Gasteiger partial charge in [0, 0.05) is 27.9 Å². The van der Waals surface area contributed by atoms with Crippen molar-refractivity contribution >= 4 is 28.0 Å². The summed E-state index contributed by atoms with van der Waals surface area (Å²) < 4.78 is 6.96. The minimum absolute atomic E-state index is 0.834. The Kier molecular flexibility index (Phi) is 9.27. The smallest absolute Gasteiger partial charge is 0.145 e. The van der Waals surface area contributed by atoms with Gasteiger partial charge in [0.2, 0.25) is 0 Å². The molecule has 0 saturated carbocycles. The van der Waals surface area contributed by atoms with E-state index in [-0.39, 0.29) is 0 Å². The van der Waals surface area contributed by atoms with Crippen LogP contribution in [0.2, 0.25) is 0 Å². The van der Waals surface area contributed by atoms with E-state index in [2.05, 4.69) is 235 Å². The Morgan fingerprint density at radius 2 is 0.655 bits per heavy atom. The van der Waals surface area contributed by atoms with Crippen molar-refractivity contribution in [3.8, 4) is 67.0 Å². The molecule has 0 N–H and O–H groups in total. The Balaban J connectivity index is 1.12. The first-order valence-corrected chi connectivity index (χ1v) is 19.8. The third-order valence-electron chi connectivity index (χ3n) is 10.9. The second-order valence-electron chi connectivity index (χ2n) is 14.5. The van der Waals surface area contributed by atoms with E-state index < -0.39 is 0 Å². The molecule has 0 radical (unpaired) electrons. The molecular formula is C56H39NO. The first-order valence-electron chi connectivity index (χ1n) is 19.8. The fraction of sp³-hybridized carbons (Fsp3) is 0. The van der Waals surface area contributed by atoms with Crippen LogP contribution < -0.4 is 4.90 Å². The lowest BCUT2D eigenvalue weighted by Crippen LogP contribution is -2.11. The predicted octanol–water partition coefficient (Wildman–Crippen LogP) is 15.9. The average molecular weight is 742 g/mol. The van der Waals surface area contributed by atoms with E-state index >= 15 is 0 Å². The second-order valence-corrected chi connectivity index (χ2v) is 14.5. The maximum Gasteiger partial charge on any atom is 0.145 e. The molecule has 0 unspecified atom stereocenters. The van der Waals surface area contributed by atoms with Gasteiger partial charge in [0.15, 0.2) is 0 Å². The molecular weight excluding hydrogens is 703 g/mol. The van der Waals surface area contributed by atoms with Gasteiger partial charge in [-0.3, -0.25) is 0 Å². The molecule has 0 aliphatic heterocycles. The number of hydrogen-bond acceptors (Lipinski definition) is 2. The van der Waals surface area contributed by atoms with Crippen LogP contribution in [0.15, 0.2) is 241 Å². The summed E-state index contributed by atoms with van der Waals surface area (Å²) in [7, 11) is 0. The van der Waals surface area contributed by atoms with E-state index in [0.717, 1.165) is 67.2 Å². The van der Waals surface area contributed by atoms with E-state index in [9.17, 15) is 0 Å². The van der Waals surface area contributed by atoms with Crippen molar-refractivity contribution in [3.63, 3.8) is 0 Å². The predicted molar refractivity (Wildman–Crippen MR) is 244 cm³/mol. The maximum atomic E-state index is 6.96. The number of para-hydroxylation sites is 2. The van der Waals surface area contributed by atoms with Crippen LogP contribution in [0.4, 0.5) is 17.1 Å². The van der Waals surface area contributed by atoms with Gasteiger partial charge in [-0.2, -0.15) is 0 Å². The van der Waals surface area contributed by atoms with Gasteiger partial charge in [0.1, 0.15) is 11.3 Å². The Morgan fingerprint density at radius 3 is 1.19 bits per heavy atom. The largest absolute Gasteiger partial charge is 0.455 e. The summed E-state index contributed by atoms with van der Waals surface area (Å²) in [4.78, 5) is 2.35. The molecule has 58 heavy (non-hydrogen) atoms. The summed E-state index contributed by atoms with van der Waals surface area (Å²) in [6.45, 7) is 0. The molecule has 2 nitrogen and oxygen atoms in total. The first kappa shape index (κ1) is 34.8. The van der Waals surface area contributed by atoms with Gasteiger partial charge in [0.25, 0.3) is 0 Å². The van der Waals surface area contributed by atoms with Crippen LogP contribution in [0, 0.1) is 0 Å². The quantitative estimate of drug-likeness (QED) is 0.146. The minimum atomic E-state index is 0.834. The van der Waals surface area contributed by atoms with Crippen molar-refractivity contribution in [2.24, 2.45) is 0 Å². The zero-order valence-corrected chi connectivity index (χ0v) is 31.9. The van der Waals surface area contributed by atoms with Crippen LogP contribution in [0.25, 0.3) is 77.9 Å². The number of benzene rings is 9. The standard InChI is InChI=1S/C56H39NO/c1-4-16-40(17-5-1)42-28-30-43(31-29-42)45-34-38-48(39-35-45)57(47-36-32-44(33-37-47)41-18-6-2-7-19-41)53-26-14-12-24-51(53)56-55(52-25-13-15-27-54(52)58-56)50-23-11-10-22-49(50)46-20-8-3-9-21-46/h1-39H. The van der Waals surface area contributed by atoms with Crippen molar-refractivity contribution in [1.82, 2.24) is 0 Å². The van der Waals surface area contributed by atoms with Crippen LogP contribution in [0.5, 0.6) is 0 Å². The molecule has 10 rings (SSSR count). The lowest BCUT2D eigenvalue weighted by molar-refractivity contribution is 0.632. The van der Waals surface area contributed by atoms with E-state index in [1.807, 2.05) is 6.07 Å². The van der Waals surface area contributed by atoms with E-state index in [4.69, 9.17) is 4.42 Å². The molecule has 2 heteroatoms. The van der Waals surface area contributed by atoms with E-state index in [0.29, 0.717) is 0 Å². The Labute approximate surface area is 339 Å². The number of hydrogen-bond donors (Lipinski definition) is 0. The van der Waals surface area contributed by atoms with Gasteiger partial charge in [0.05, 0.1) is 5.69 Å². The Hall–Kier alpha value is -7.68. The number of rotatable bonds is 9. The third-order valence-corrected chi connectivity index (χ3v) is 10.9. The van der Waals surface area contributed by atoms with E-state index in [1.54, 1.807) is 0 Å². The average Bonchev–Trinajstić information content (AvgIpc) is 3.70. The molecule has 10 aromatic rings. The lowest BCUT2D eigenvalue weighted by Gasteiger charge is -2.28. The van der Waals surface area contributed by atoms with Crippen LogP contribution in [-0.2, 0) is 0 Å². The lowest BCUT2D eigenvalue weighted by atomic mass is 9.91. The first-order chi connectivity index (χ1) is 28.8. The monoisotopic (exact) mass is 741 g/mol. The minimum Gasteiger partial charge on any atom is -0.455 e. The number of nitrogens with zero attached hydrogens (tertiary/aromatic N) is 1. The van der Waals surface area contributed by atoms with Gasteiger partial charge in [-0.1, -0.05) is 194 Å². The number of furan rings is 1. The Bertz CT molecular complexity index is 2950. The summed E-state index contributed by atoms with van der Waals surface area (Å²) in [6, 6.07) is 84.0. The highest BCUT2D eigenvalue weighted by atomic mass is 16.3. The molecule has 9 aromatic carbocycles. The number of fused-ring (bicyclic) bond motifs is 1. The maximum absolute atomic E-state index is 6.96. The fourth-order valence-corrected chi connectivity index (χ4v) is 8.08. The highest BCUT2D eigenvalue weighted by Gasteiger charge is 2.25. The Morgan fingerprint density at radius 1 is 0.276 bits per heavy atom. The molecule has 0 fully saturated rings. The molecule has 274 valence electrons.